The first-order chi connectivity index (χ1) is 8.08. The molecule has 0 N–H and O–H groups in total. The standard InChI is InChI=1S/C13H26N2O2/c1-2-13(15(17)10-5-6-11-15)7-12-14(16)8-3-4-9-14/h13H,2-12H2,1H3. The fourth-order valence-corrected chi connectivity index (χ4v) is 3.53. The molecule has 2 rings (SSSR count). The Hall–Kier alpha value is -0.160. The summed E-state index contributed by atoms with van der Waals surface area (Å²) >= 11 is 0. The second-order valence-electron chi connectivity index (χ2n) is 5.89. The highest BCUT2D eigenvalue weighted by Gasteiger charge is 2.33. The van der Waals surface area contributed by atoms with Crippen molar-refractivity contribution >= 4 is 0 Å². The summed E-state index contributed by atoms with van der Waals surface area (Å²) in [4.78, 5) is 0. The number of nitrogens with zero attached hydrogens (tertiary/aromatic N) is 2. The predicted molar refractivity (Wildman–Crippen MR) is 68.8 cm³/mol. The Morgan fingerprint density at radius 1 is 0.941 bits per heavy atom. The summed E-state index contributed by atoms with van der Waals surface area (Å²) in [6.07, 6.45) is 6.01. The maximum atomic E-state index is 12.6. The van der Waals surface area contributed by atoms with E-state index in [2.05, 4.69) is 6.92 Å². The molecule has 4 heteroatoms. The Labute approximate surface area is 105 Å². The van der Waals surface area contributed by atoms with Crippen molar-refractivity contribution in [3.05, 3.63) is 10.4 Å². The van der Waals surface area contributed by atoms with Crippen LogP contribution in [0.15, 0.2) is 0 Å². The molecule has 0 bridgehead atoms. The molecular formula is C13H26N2O2. The third-order valence-electron chi connectivity index (χ3n) is 4.71. The highest BCUT2D eigenvalue weighted by Crippen LogP contribution is 2.27. The van der Waals surface area contributed by atoms with Gasteiger partial charge in [-0.05, 0) is 6.42 Å². The van der Waals surface area contributed by atoms with Gasteiger partial charge in [0, 0.05) is 32.1 Å². The summed E-state index contributed by atoms with van der Waals surface area (Å²) in [5.74, 6) is 0. The molecule has 17 heavy (non-hydrogen) atoms. The van der Waals surface area contributed by atoms with E-state index in [1.165, 1.54) is 0 Å². The second kappa shape index (κ2) is 5.22. The lowest BCUT2D eigenvalue weighted by Gasteiger charge is -2.47. The SMILES string of the molecule is CCC(CC[N+]1([O-])CCCC1)[N+]1([O-])CCCC1. The lowest BCUT2D eigenvalue weighted by atomic mass is 10.1. The maximum absolute atomic E-state index is 12.6. The third-order valence-corrected chi connectivity index (χ3v) is 4.71. The molecular weight excluding hydrogens is 216 g/mol. The van der Waals surface area contributed by atoms with E-state index < -0.39 is 0 Å². The Morgan fingerprint density at radius 3 is 2.00 bits per heavy atom. The van der Waals surface area contributed by atoms with Crippen LogP contribution in [0.25, 0.3) is 0 Å². The third kappa shape index (κ3) is 2.99. The van der Waals surface area contributed by atoms with Gasteiger partial charge < -0.3 is 19.7 Å². The normalized spacial score (nSPS) is 28.4. The zero-order valence-electron chi connectivity index (χ0n) is 11.1. The van der Waals surface area contributed by atoms with Crippen molar-refractivity contribution in [2.45, 2.75) is 51.5 Å². The predicted octanol–water partition coefficient (Wildman–Crippen LogP) is 2.37. The average molecular weight is 242 g/mol. The number of rotatable bonds is 5. The van der Waals surface area contributed by atoms with E-state index in [4.69, 9.17) is 0 Å². The second-order valence-corrected chi connectivity index (χ2v) is 5.89. The highest BCUT2D eigenvalue weighted by atomic mass is 16.6. The average Bonchev–Trinajstić information content (AvgIpc) is 2.90. The van der Waals surface area contributed by atoms with Crippen molar-refractivity contribution in [3.63, 3.8) is 0 Å². The zero-order valence-corrected chi connectivity index (χ0v) is 11.1. The van der Waals surface area contributed by atoms with E-state index in [0.717, 1.165) is 64.7 Å². The minimum Gasteiger partial charge on any atom is -0.633 e. The quantitative estimate of drug-likeness (QED) is 0.549. The summed E-state index contributed by atoms with van der Waals surface area (Å²) < 4.78 is -0.0486. The van der Waals surface area contributed by atoms with Crippen LogP contribution >= 0.6 is 0 Å². The van der Waals surface area contributed by atoms with Crippen molar-refractivity contribution in [2.24, 2.45) is 0 Å². The molecule has 2 fully saturated rings. The van der Waals surface area contributed by atoms with E-state index in [9.17, 15) is 10.4 Å². The van der Waals surface area contributed by atoms with Gasteiger partial charge in [-0.3, -0.25) is 0 Å². The molecule has 2 heterocycles. The molecule has 2 aliphatic heterocycles. The molecule has 0 amide bonds. The minimum absolute atomic E-state index is 0.0174. The van der Waals surface area contributed by atoms with Crippen LogP contribution in [0.4, 0.5) is 0 Å². The van der Waals surface area contributed by atoms with Crippen LogP contribution in [0.5, 0.6) is 0 Å². The molecule has 0 aliphatic carbocycles. The van der Waals surface area contributed by atoms with Gasteiger partial charge >= 0.3 is 0 Å². The number of hydroxylamine groups is 6. The van der Waals surface area contributed by atoms with E-state index in [-0.39, 0.29) is 15.3 Å². The summed E-state index contributed by atoms with van der Waals surface area (Å²) in [5, 5.41) is 24.8. The van der Waals surface area contributed by atoms with Gasteiger partial charge in [0.25, 0.3) is 0 Å². The Balaban J connectivity index is 1.87. The van der Waals surface area contributed by atoms with Crippen LogP contribution in [-0.2, 0) is 0 Å². The first-order valence-corrected chi connectivity index (χ1v) is 7.23. The Bertz CT molecular complexity index is 246. The van der Waals surface area contributed by atoms with Gasteiger partial charge in [-0.25, -0.2) is 0 Å². The molecule has 2 aliphatic rings. The molecule has 1 atom stereocenters. The highest BCUT2D eigenvalue weighted by molar-refractivity contribution is 4.66. The van der Waals surface area contributed by atoms with E-state index in [0.29, 0.717) is 6.54 Å². The van der Waals surface area contributed by atoms with Gasteiger partial charge in [-0.15, -0.1) is 0 Å². The lowest BCUT2D eigenvalue weighted by Crippen LogP contribution is -2.51. The van der Waals surface area contributed by atoms with Crippen LogP contribution in [0.1, 0.15) is 45.4 Å². The topological polar surface area (TPSA) is 46.1 Å². The van der Waals surface area contributed by atoms with Gasteiger partial charge in [0.15, 0.2) is 0 Å². The lowest BCUT2D eigenvalue weighted by molar-refractivity contribution is -0.906. The van der Waals surface area contributed by atoms with Crippen molar-refractivity contribution in [1.82, 2.24) is 0 Å². The van der Waals surface area contributed by atoms with Crippen LogP contribution in [-0.4, -0.2) is 48.1 Å². The number of hydrogen-bond acceptors (Lipinski definition) is 2. The van der Waals surface area contributed by atoms with Crippen LogP contribution < -0.4 is 0 Å². The monoisotopic (exact) mass is 242 g/mol. The zero-order chi connectivity index (χ0) is 12.4. The first-order valence-electron chi connectivity index (χ1n) is 7.23. The van der Waals surface area contributed by atoms with Gasteiger partial charge in [0.2, 0.25) is 0 Å². The summed E-state index contributed by atoms with van der Waals surface area (Å²) in [6.45, 7) is 5.86. The van der Waals surface area contributed by atoms with Gasteiger partial charge in [-0.2, -0.15) is 0 Å². The van der Waals surface area contributed by atoms with E-state index >= 15 is 0 Å². The fraction of sp³-hybridized carbons (Fsp3) is 1.00. The Kier molecular flexibility index (Phi) is 4.08. The molecule has 0 radical (unpaired) electrons. The molecule has 4 nitrogen and oxygen atoms in total. The molecule has 100 valence electrons. The van der Waals surface area contributed by atoms with Gasteiger partial charge in [0.05, 0.1) is 38.8 Å². The molecule has 0 aromatic carbocycles. The molecule has 2 saturated heterocycles. The summed E-state index contributed by atoms with van der Waals surface area (Å²) in [7, 11) is 0. The molecule has 0 spiro atoms. The molecule has 1 unspecified atom stereocenters. The number of quaternary nitrogens is 2. The number of likely N-dealkylation sites (tertiary alicyclic amines) is 2. The largest absolute Gasteiger partial charge is 0.633 e. The summed E-state index contributed by atoms with van der Waals surface area (Å²) in [6, 6.07) is 0.169. The van der Waals surface area contributed by atoms with Crippen molar-refractivity contribution < 1.29 is 9.29 Å². The van der Waals surface area contributed by atoms with Gasteiger partial charge in [-0.1, -0.05) is 6.92 Å². The first kappa shape index (κ1) is 13.3. The van der Waals surface area contributed by atoms with Crippen molar-refractivity contribution in [1.29, 1.82) is 0 Å². The van der Waals surface area contributed by atoms with E-state index in [1.54, 1.807) is 0 Å². The van der Waals surface area contributed by atoms with E-state index in [1.807, 2.05) is 0 Å². The smallest absolute Gasteiger partial charge is 0.0939 e. The molecule has 0 aromatic rings. The summed E-state index contributed by atoms with van der Waals surface area (Å²) in [5.41, 5.74) is 0. The van der Waals surface area contributed by atoms with Crippen molar-refractivity contribution in [3.8, 4) is 0 Å². The van der Waals surface area contributed by atoms with Crippen molar-refractivity contribution in [2.75, 3.05) is 32.7 Å². The van der Waals surface area contributed by atoms with Crippen LogP contribution in [0.2, 0.25) is 0 Å². The fourth-order valence-electron chi connectivity index (χ4n) is 3.53. The van der Waals surface area contributed by atoms with Crippen LogP contribution in [0, 0.1) is 10.4 Å². The molecule has 0 aromatic heterocycles. The number of hydrogen-bond donors (Lipinski definition) is 0. The maximum Gasteiger partial charge on any atom is 0.0939 e. The van der Waals surface area contributed by atoms with Crippen LogP contribution in [0.3, 0.4) is 0 Å². The Morgan fingerprint density at radius 2 is 1.47 bits per heavy atom. The molecule has 0 saturated carbocycles. The van der Waals surface area contributed by atoms with Gasteiger partial charge in [0.1, 0.15) is 0 Å². The minimum atomic E-state index is -0.0312.